The van der Waals surface area contributed by atoms with Gasteiger partial charge in [0, 0.05) is 28.0 Å². The molecule has 10 aromatic carbocycles. The molecular formula is C63H41N. The Balaban J connectivity index is 0.958. The quantitative estimate of drug-likeness (QED) is 0.159. The third kappa shape index (κ3) is 4.37. The number of nitrogens with zero attached hydrogens (tertiary/aromatic N) is 1. The van der Waals surface area contributed by atoms with Gasteiger partial charge in [-0.25, -0.2) is 0 Å². The molecule has 4 aliphatic rings. The molecule has 4 aliphatic carbocycles. The van der Waals surface area contributed by atoms with Gasteiger partial charge in [-0.3, -0.25) is 4.98 Å². The molecule has 1 nitrogen and oxygen atoms in total. The molecule has 2 atom stereocenters. The minimum Gasteiger partial charge on any atom is -0.256 e. The van der Waals surface area contributed by atoms with Crippen molar-refractivity contribution in [3.63, 3.8) is 0 Å². The highest BCUT2D eigenvalue weighted by atomic mass is 14.7. The van der Waals surface area contributed by atoms with Crippen molar-refractivity contribution in [2.75, 3.05) is 0 Å². The summed E-state index contributed by atoms with van der Waals surface area (Å²) in [6.45, 7) is 0. The Morgan fingerprint density at radius 2 is 0.766 bits per heavy atom. The average molecular weight is 812 g/mol. The fraction of sp³-hybridized carbons (Fsp3) is 0.0952. The van der Waals surface area contributed by atoms with Crippen LogP contribution in [0.2, 0.25) is 0 Å². The Labute approximate surface area is 372 Å². The average Bonchev–Trinajstić information content (AvgIpc) is 4.08. The molecule has 2 spiro atoms. The predicted octanol–water partition coefficient (Wildman–Crippen LogP) is 15.6. The highest BCUT2D eigenvalue weighted by molar-refractivity contribution is 6.20. The maximum Gasteiger partial charge on any atom is 0.0792 e. The van der Waals surface area contributed by atoms with Crippen LogP contribution in [0.25, 0.3) is 87.7 Å². The van der Waals surface area contributed by atoms with Gasteiger partial charge in [0.1, 0.15) is 0 Å². The number of rotatable bonds is 2. The Morgan fingerprint density at radius 3 is 1.33 bits per heavy atom. The van der Waals surface area contributed by atoms with Crippen LogP contribution in [0, 0.1) is 0 Å². The van der Waals surface area contributed by atoms with E-state index in [0.717, 1.165) is 31.2 Å². The van der Waals surface area contributed by atoms with Crippen LogP contribution in [-0.4, -0.2) is 4.98 Å². The van der Waals surface area contributed by atoms with E-state index in [1.54, 1.807) is 0 Å². The Morgan fingerprint density at radius 1 is 0.328 bits per heavy atom. The van der Waals surface area contributed by atoms with Crippen molar-refractivity contribution in [2.24, 2.45) is 0 Å². The molecule has 0 bridgehead atoms. The van der Waals surface area contributed by atoms with E-state index in [2.05, 4.69) is 194 Å². The van der Waals surface area contributed by atoms with Crippen LogP contribution < -0.4 is 0 Å². The van der Waals surface area contributed by atoms with Gasteiger partial charge in [0.15, 0.2) is 0 Å². The fourth-order valence-electron chi connectivity index (χ4n) is 13.5. The van der Waals surface area contributed by atoms with Gasteiger partial charge >= 0.3 is 0 Å². The standard InChI is InChI=1S/C63H41N/c1-3-14-40-34-55-42(32-38(40)12-1)27-29-62(55)53-21-9-7-16-46(53)48-25-23-44(36-57(48)62)59-50-18-5-6-19-51(50)60(61-52(59)20-11-31-64-61)45-24-26-49-47-17-8-10-22-54(47)63(58(49)37-45)30-28-43-33-39-13-2-4-15-41(39)35-56(43)63/h1-26,31-37H,27-30H2. The molecule has 15 rings (SSSR count). The Hall–Kier alpha value is -7.61. The summed E-state index contributed by atoms with van der Waals surface area (Å²) in [4.78, 5) is 5.32. The number of benzene rings is 10. The van der Waals surface area contributed by atoms with Crippen molar-refractivity contribution in [3.8, 4) is 44.5 Å². The number of fused-ring (bicyclic) bond motifs is 18. The number of aryl methyl sites for hydroxylation is 2. The second-order valence-corrected chi connectivity index (χ2v) is 18.8. The minimum atomic E-state index is -0.205. The van der Waals surface area contributed by atoms with E-state index < -0.39 is 0 Å². The van der Waals surface area contributed by atoms with E-state index in [9.17, 15) is 0 Å². The van der Waals surface area contributed by atoms with Crippen molar-refractivity contribution in [3.05, 3.63) is 245 Å². The smallest absolute Gasteiger partial charge is 0.0792 e. The van der Waals surface area contributed by atoms with Crippen LogP contribution in [0.1, 0.15) is 57.3 Å². The first-order valence-electron chi connectivity index (χ1n) is 23.0. The third-order valence-electron chi connectivity index (χ3n) is 16.1. The lowest BCUT2D eigenvalue weighted by molar-refractivity contribution is 0.626. The molecule has 64 heavy (non-hydrogen) atoms. The van der Waals surface area contributed by atoms with Gasteiger partial charge in [-0.05, 0) is 172 Å². The molecule has 11 aromatic rings. The van der Waals surface area contributed by atoms with Crippen molar-refractivity contribution in [1.82, 2.24) is 4.98 Å². The van der Waals surface area contributed by atoms with Crippen LogP contribution in [0.5, 0.6) is 0 Å². The van der Waals surface area contributed by atoms with E-state index >= 15 is 0 Å². The van der Waals surface area contributed by atoms with Crippen molar-refractivity contribution in [1.29, 1.82) is 0 Å². The Kier molecular flexibility index (Phi) is 6.83. The largest absolute Gasteiger partial charge is 0.256 e. The van der Waals surface area contributed by atoms with E-state index in [-0.39, 0.29) is 10.8 Å². The summed E-state index contributed by atoms with van der Waals surface area (Å²) in [7, 11) is 0. The van der Waals surface area contributed by atoms with Crippen molar-refractivity contribution < 1.29 is 0 Å². The summed E-state index contributed by atoms with van der Waals surface area (Å²) < 4.78 is 0. The molecular weight excluding hydrogens is 771 g/mol. The third-order valence-corrected chi connectivity index (χ3v) is 16.1. The van der Waals surface area contributed by atoms with Crippen LogP contribution in [0.3, 0.4) is 0 Å². The van der Waals surface area contributed by atoms with E-state index in [1.165, 1.54) is 127 Å². The monoisotopic (exact) mass is 811 g/mol. The summed E-state index contributed by atoms with van der Waals surface area (Å²) in [5, 5.41) is 8.97. The first kappa shape index (κ1) is 34.9. The second-order valence-electron chi connectivity index (χ2n) is 18.8. The SMILES string of the molecule is c1ccc2c(c1)-c1ccc(-c3c4ccccc4c(-c4ccc5c(c4)C4(CCc6cc7ccccc7cc64)c4ccccc4-5)c4ncccc34)cc1C21CCc2cc3ccccc3cc21. The lowest BCUT2D eigenvalue weighted by atomic mass is 9.72. The zero-order chi connectivity index (χ0) is 41.7. The first-order valence-corrected chi connectivity index (χ1v) is 23.0. The zero-order valence-corrected chi connectivity index (χ0v) is 35.3. The van der Waals surface area contributed by atoms with Gasteiger partial charge in [0.05, 0.1) is 5.52 Å². The summed E-state index contributed by atoms with van der Waals surface area (Å²) in [5.41, 5.74) is 22.7. The molecule has 0 fully saturated rings. The van der Waals surface area contributed by atoms with E-state index in [1.807, 2.05) is 6.20 Å². The normalized spacial score (nSPS) is 18.5. The molecule has 0 N–H and O–H groups in total. The maximum absolute atomic E-state index is 5.32. The number of hydrogen-bond acceptors (Lipinski definition) is 1. The van der Waals surface area contributed by atoms with Crippen molar-refractivity contribution >= 4 is 43.2 Å². The minimum absolute atomic E-state index is 0.200. The van der Waals surface area contributed by atoms with Gasteiger partial charge in [-0.2, -0.15) is 0 Å². The van der Waals surface area contributed by atoms with E-state index in [0.29, 0.717) is 0 Å². The molecule has 298 valence electrons. The molecule has 0 saturated carbocycles. The van der Waals surface area contributed by atoms with Crippen LogP contribution in [-0.2, 0) is 23.7 Å². The fourth-order valence-corrected chi connectivity index (χ4v) is 13.5. The highest BCUT2D eigenvalue weighted by Crippen LogP contribution is 2.61. The van der Waals surface area contributed by atoms with E-state index in [4.69, 9.17) is 4.98 Å². The van der Waals surface area contributed by atoms with Crippen molar-refractivity contribution in [2.45, 2.75) is 36.5 Å². The van der Waals surface area contributed by atoms with Gasteiger partial charge in [-0.1, -0.05) is 164 Å². The number of aromatic nitrogens is 1. The predicted molar refractivity (Wildman–Crippen MR) is 265 cm³/mol. The molecule has 1 heteroatoms. The Bertz CT molecular complexity index is 3560. The summed E-state index contributed by atoms with van der Waals surface area (Å²) in [5.74, 6) is 0. The van der Waals surface area contributed by atoms with Gasteiger partial charge in [0.25, 0.3) is 0 Å². The van der Waals surface area contributed by atoms with Gasteiger partial charge in [0.2, 0.25) is 0 Å². The summed E-state index contributed by atoms with van der Waals surface area (Å²) >= 11 is 0. The zero-order valence-electron chi connectivity index (χ0n) is 35.3. The lowest BCUT2D eigenvalue weighted by Gasteiger charge is -2.30. The molecule has 0 radical (unpaired) electrons. The van der Waals surface area contributed by atoms with Gasteiger partial charge < -0.3 is 0 Å². The van der Waals surface area contributed by atoms with Crippen LogP contribution in [0.4, 0.5) is 0 Å². The number of pyridine rings is 1. The molecule has 0 aliphatic heterocycles. The second kappa shape index (κ2) is 12.5. The number of hydrogen-bond donors (Lipinski definition) is 0. The topological polar surface area (TPSA) is 12.9 Å². The first-order chi connectivity index (χ1) is 31.7. The maximum atomic E-state index is 5.32. The molecule has 1 aromatic heterocycles. The molecule has 0 amide bonds. The lowest BCUT2D eigenvalue weighted by Crippen LogP contribution is -2.23. The molecule has 2 unspecified atom stereocenters. The van der Waals surface area contributed by atoms with Gasteiger partial charge in [-0.15, -0.1) is 0 Å². The molecule has 0 saturated heterocycles. The van der Waals surface area contributed by atoms with Crippen LogP contribution >= 0.6 is 0 Å². The summed E-state index contributed by atoms with van der Waals surface area (Å²) in [6.07, 6.45) is 6.25. The highest BCUT2D eigenvalue weighted by Gasteiger charge is 2.50. The van der Waals surface area contributed by atoms with Crippen LogP contribution in [0.15, 0.2) is 200 Å². The summed E-state index contributed by atoms with van der Waals surface area (Å²) in [6, 6.07) is 74.3. The molecule has 1 heterocycles.